The Hall–Kier alpha value is -1.19. The first-order chi connectivity index (χ1) is 6.82. The molecular formula is C11H16O4. The lowest BCUT2D eigenvalue weighted by atomic mass is 9.70. The van der Waals surface area contributed by atoms with E-state index in [0.717, 1.165) is 0 Å². The number of carboxylic acids is 1. The second-order valence-electron chi connectivity index (χ2n) is 4.94. The number of ketones is 2. The number of rotatable bonds is 3. The predicted octanol–water partition coefficient (Wildman–Crippen LogP) is 1.43. The Kier molecular flexibility index (Phi) is 3.27. The SMILES string of the molecule is CC1(C)CC(=O)C(CCC(=O)O)C(=O)C1. The number of carbonyl (C=O) groups is 3. The molecule has 1 rings (SSSR count). The molecule has 15 heavy (non-hydrogen) atoms. The maximum atomic E-state index is 11.6. The van der Waals surface area contributed by atoms with Gasteiger partial charge in [-0.3, -0.25) is 14.4 Å². The van der Waals surface area contributed by atoms with Crippen LogP contribution in [0.4, 0.5) is 0 Å². The van der Waals surface area contributed by atoms with Gasteiger partial charge in [0.15, 0.2) is 0 Å². The molecule has 84 valence electrons. The summed E-state index contributed by atoms with van der Waals surface area (Å²) in [5.74, 6) is -1.83. The van der Waals surface area contributed by atoms with Gasteiger partial charge in [-0.05, 0) is 11.8 Å². The monoisotopic (exact) mass is 212 g/mol. The highest BCUT2D eigenvalue weighted by atomic mass is 16.4. The molecule has 1 saturated carbocycles. The van der Waals surface area contributed by atoms with Crippen molar-refractivity contribution in [1.82, 2.24) is 0 Å². The quantitative estimate of drug-likeness (QED) is 0.718. The molecule has 0 bridgehead atoms. The highest BCUT2D eigenvalue weighted by Gasteiger charge is 2.39. The Morgan fingerprint density at radius 3 is 2.20 bits per heavy atom. The van der Waals surface area contributed by atoms with Crippen LogP contribution in [0.15, 0.2) is 0 Å². The molecular weight excluding hydrogens is 196 g/mol. The van der Waals surface area contributed by atoms with E-state index in [2.05, 4.69) is 0 Å². The van der Waals surface area contributed by atoms with Crippen LogP contribution in [0, 0.1) is 11.3 Å². The second kappa shape index (κ2) is 4.13. The number of carboxylic acid groups (broad SMARTS) is 1. The van der Waals surface area contributed by atoms with Crippen LogP contribution in [-0.2, 0) is 14.4 Å². The van der Waals surface area contributed by atoms with Gasteiger partial charge in [-0.15, -0.1) is 0 Å². The smallest absolute Gasteiger partial charge is 0.303 e. The topological polar surface area (TPSA) is 71.4 Å². The van der Waals surface area contributed by atoms with Gasteiger partial charge in [0.2, 0.25) is 0 Å². The third kappa shape index (κ3) is 3.15. The Bertz CT molecular complexity index is 284. The van der Waals surface area contributed by atoms with Gasteiger partial charge in [0.05, 0.1) is 5.92 Å². The van der Waals surface area contributed by atoms with Crippen LogP contribution in [0.25, 0.3) is 0 Å². The zero-order valence-electron chi connectivity index (χ0n) is 9.08. The first kappa shape index (κ1) is 11.9. The number of hydrogen-bond donors (Lipinski definition) is 1. The van der Waals surface area contributed by atoms with E-state index in [1.165, 1.54) is 0 Å². The molecule has 1 fully saturated rings. The molecule has 0 saturated heterocycles. The highest BCUT2D eigenvalue weighted by molar-refractivity contribution is 6.05. The van der Waals surface area contributed by atoms with Gasteiger partial charge in [-0.25, -0.2) is 0 Å². The zero-order chi connectivity index (χ0) is 11.6. The van der Waals surface area contributed by atoms with E-state index in [1.54, 1.807) is 0 Å². The maximum absolute atomic E-state index is 11.6. The van der Waals surface area contributed by atoms with Crippen molar-refractivity contribution in [1.29, 1.82) is 0 Å². The lowest BCUT2D eigenvalue weighted by Gasteiger charge is -2.31. The van der Waals surface area contributed by atoms with Crippen LogP contribution in [0.5, 0.6) is 0 Å². The molecule has 0 atom stereocenters. The van der Waals surface area contributed by atoms with E-state index >= 15 is 0 Å². The van der Waals surface area contributed by atoms with Crippen LogP contribution in [0.2, 0.25) is 0 Å². The van der Waals surface area contributed by atoms with Gasteiger partial charge in [-0.1, -0.05) is 13.8 Å². The van der Waals surface area contributed by atoms with Gasteiger partial charge < -0.3 is 5.11 Å². The second-order valence-corrected chi connectivity index (χ2v) is 4.94. The maximum Gasteiger partial charge on any atom is 0.303 e. The molecule has 0 aromatic rings. The fourth-order valence-corrected chi connectivity index (χ4v) is 2.02. The molecule has 0 unspecified atom stereocenters. The van der Waals surface area contributed by atoms with Crippen LogP contribution in [0.3, 0.4) is 0 Å². The number of Topliss-reactive ketones (excluding diaryl/α,β-unsaturated/α-hetero) is 2. The summed E-state index contributed by atoms with van der Waals surface area (Å²) in [5.41, 5.74) is -0.256. The van der Waals surface area contributed by atoms with E-state index in [4.69, 9.17) is 5.11 Å². The Labute approximate surface area is 88.7 Å². The minimum Gasteiger partial charge on any atom is -0.481 e. The van der Waals surface area contributed by atoms with Gasteiger partial charge >= 0.3 is 5.97 Å². The van der Waals surface area contributed by atoms with Gasteiger partial charge in [0.25, 0.3) is 0 Å². The molecule has 1 aliphatic rings. The standard InChI is InChI=1S/C11H16O4/c1-11(2)5-8(12)7(9(13)6-11)3-4-10(14)15/h7H,3-6H2,1-2H3,(H,14,15). The van der Waals surface area contributed by atoms with Crippen LogP contribution >= 0.6 is 0 Å². The zero-order valence-corrected chi connectivity index (χ0v) is 9.08. The Balaban J connectivity index is 2.63. The van der Waals surface area contributed by atoms with Gasteiger partial charge in [-0.2, -0.15) is 0 Å². The predicted molar refractivity (Wildman–Crippen MR) is 53.4 cm³/mol. The van der Waals surface area contributed by atoms with Crippen molar-refractivity contribution in [2.45, 2.75) is 39.5 Å². The summed E-state index contributed by atoms with van der Waals surface area (Å²) in [4.78, 5) is 33.6. The summed E-state index contributed by atoms with van der Waals surface area (Å²) >= 11 is 0. The third-order valence-electron chi connectivity index (χ3n) is 2.73. The molecule has 0 heterocycles. The molecule has 0 aromatic carbocycles. The highest BCUT2D eigenvalue weighted by Crippen LogP contribution is 2.35. The summed E-state index contributed by atoms with van der Waals surface area (Å²) < 4.78 is 0. The van der Waals surface area contributed by atoms with Gasteiger partial charge in [0.1, 0.15) is 11.6 Å². The lowest BCUT2D eigenvalue weighted by molar-refractivity contribution is -0.141. The van der Waals surface area contributed by atoms with Crippen LogP contribution < -0.4 is 0 Å². The van der Waals surface area contributed by atoms with E-state index in [9.17, 15) is 14.4 Å². The molecule has 0 amide bonds. The van der Waals surface area contributed by atoms with Crippen LogP contribution in [0.1, 0.15) is 39.5 Å². The van der Waals surface area contributed by atoms with E-state index in [-0.39, 0.29) is 29.8 Å². The van der Waals surface area contributed by atoms with E-state index < -0.39 is 11.9 Å². The van der Waals surface area contributed by atoms with Crippen molar-refractivity contribution in [2.75, 3.05) is 0 Å². The van der Waals surface area contributed by atoms with Crippen molar-refractivity contribution >= 4 is 17.5 Å². The van der Waals surface area contributed by atoms with Gasteiger partial charge in [0, 0.05) is 19.3 Å². The van der Waals surface area contributed by atoms with Crippen molar-refractivity contribution < 1.29 is 19.5 Å². The Morgan fingerprint density at radius 1 is 1.33 bits per heavy atom. The molecule has 1 N–H and O–H groups in total. The molecule has 0 aromatic heterocycles. The number of hydrogen-bond acceptors (Lipinski definition) is 3. The van der Waals surface area contributed by atoms with Crippen molar-refractivity contribution in [3.05, 3.63) is 0 Å². The summed E-state index contributed by atoms with van der Waals surface area (Å²) in [6.45, 7) is 3.77. The summed E-state index contributed by atoms with van der Waals surface area (Å²) in [7, 11) is 0. The molecule has 0 radical (unpaired) electrons. The fraction of sp³-hybridized carbons (Fsp3) is 0.727. The number of carbonyl (C=O) groups excluding carboxylic acids is 2. The summed E-state index contributed by atoms with van der Waals surface area (Å²) in [6.07, 6.45) is 0.803. The van der Waals surface area contributed by atoms with E-state index in [0.29, 0.717) is 12.8 Å². The molecule has 1 aliphatic carbocycles. The lowest BCUT2D eigenvalue weighted by Crippen LogP contribution is -2.37. The van der Waals surface area contributed by atoms with Crippen molar-refractivity contribution in [3.63, 3.8) is 0 Å². The molecule has 4 heteroatoms. The normalized spacial score (nSPS) is 21.7. The summed E-state index contributed by atoms with van der Waals surface area (Å²) in [6, 6.07) is 0. The van der Waals surface area contributed by atoms with E-state index in [1.807, 2.05) is 13.8 Å². The van der Waals surface area contributed by atoms with Crippen LogP contribution in [-0.4, -0.2) is 22.6 Å². The largest absolute Gasteiger partial charge is 0.481 e. The fourth-order valence-electron chi connectivity index (χ4n) is 2.02. The van der Waals surface area contributed by atoms with Crippen molar-refractivity contribution in [3.8, 4) is 0 Å². The third-order valence-corrected chi connectivity index (χ3v) is 2.73. The molecule has 4 nitrogen and oxygen atoms in total. The first-order valence-corrected chi connectivity index (χ1v) is 5.09. The van der Waals surface area contributed by atoms with Crippen molar-refractivity contribution in [2.24, 2.45) is 11.3 Å². The summed E-state index contributed by atoms with van der Waals surface area (Å²) in [5, 5.41) is 8.50. The minimum absolute atomic E-state index is 0.0995. The average molecular weight is 212 g/mol. The average Bonchev–Trinajstić information content (AvgIpc) is 1.98. The number of aliphatic carboxylic acids is 1. The Morgan fingerprint density at radius 2 is 1.80 bits per heavy atom. The minimum atomic E-state index is -0.958. The molecule has 0 spiro atoms. The molecule has 0 aliphatic heterocycles. The first-order valence-electron chi connectivity index (χ1n) is 5.09.